The van der Waals surface area contributed by atoms with Crippen molar-refractivity contribution in [1.82, 2.24) is 0 Å². The van der Waals surface area contributed by atoms with E-state index in [1.165, 1.54) is 0 Å². The first-order chi connectivity index (χ1) is 13.6. The zero-order valence-electron chi connectivity index (χ0n) is 15.7. The van der Waals surface area contributed by atoms with Gasteiger partial charge in [-0.3, -0.25) is 9.59 Å². The number of benzene rings is 2. The van der Waals surface area contributed by atoms with Crippen LogP contribution in [0.3, 0.4) is 0 Å². The van der Waals surface area contributed by atoms with E-state index in [1.54, 1.807) is 41.5 Å². The van der Waals surface area contributed by atoms with Gasteiger partial charge in [0.2, 0.25) is 5.91 Å². The fraction of sp³-hybridized carbons (Fsp3) is 0.217. The fourth-order valence-electron chi connectivity index (χ4n) is 3.04. The van der Waals surface area contributed by atoms with Crippen LogP contribution in [-0.2, 0) is 11.3 Å². The van der Waals surface area contributed by atoms with Gasteiger partial charge in [0.1, 0.15) is 5.76 Å². The van der Waals surface area contributed by atoms with Crippen LogP contribution < -0.4 is 10.2 Å². The molecule has 2 amide bonds. The highest BCUT2D eigenvalue weighted by molar-refractivity contribution is 6.07. The van der Waals surface area contributed by atoms with E-state index in [2.05, 4.69) is 5.32 Å². The van der Waals surface area contributed by atoms with E-state index in [0.29, 0.717) is 23.6 Å². The Morgan fingerprint density at radius 1 is 1.07 bits per heavy atom. The lowest BCUT2D eigenvalue weighted by atomic mass is 10.1. The van der Waals surface area contributed by atoms with Gasteiger partial charge in [-0.25, -0.2) is 0 Å². The maximum absolute atomic E-state index is 13.3. The summed E-state index contributed by atoms with van der Waals surface area (Å²) in [6.07, 6.45) is 3.48. The first-order valence-electron chi connectivity index (χ1n) is 9.42. The molecule has 1 aliphatic carbocycles. The summed E-state index contributed by atoms with van der Waals surface area (Å²) < 4.78 is 5.45. The number of nitrogens with zero attached hydrogens (tertiary/aromatic N) is 1. The van der Waals surface area contributed by atoms with Crippen LogP contribution in [0, 0.1) is 12.8 Å². The average Bonchev–Trinajstić information content (AvgIpc) is 3.44. The van der Waals surface area contributed by atoms with Gasteiger partial charge in [0.25, 0.3) is 5.91 Å². The van der Waals surface area contributed by atoms with Crippen LogP contribution in [0.4, 0.5) is 11.4 Å². The lowest BCUT2D eigenvalue weighted by Crippen LogP contribution is -2.30. The summed E-state index contributed by atoms with van der Waals surface area (Å²) in [6, 6.07) is 18.5. The molecule has 2 aromatic carbocycles. The lowest BCUT2D eigenvalue weighted by Gasteiger charge is -2.22. The smallest absolute Gasteiger partial charge is 0.258 e. The fourth-order valence-corrected chi connectivity index (χ4v) is 3.04. The van der Waals surface area contributed by atoms with E-state index < -0.39 is 0 Å². The molecule has 5 nitrogen and oxygen atoms in total. The Morgan fingerprint density at radius 2 is 1.86 bits per heavy atom. The summed E-state index contributed by atoms with van der Waals surface area (Å²) in [5.74, 6) is 0.688. The molecule has 142 valence electrons. The molecule has 0 atom stereocenters. The summed E-state index contributed by atoms with van der Waals surface area (Å²) in [6.45, 7) is 2.34. The molecule has 1 aromatic heterocycles. The minimum absolute atomic E-state index is 0.0237. The van der Waals surface area contributed by atoms with E-state index in [9.17, 15) is 9.59 Å². The molecule has 0 aliphatic heterocycles. The average molecular weight is 374 g/mol. The summed E-state index contributed by atoms with van der Waals surface area (Å²) in [5, 5.41) is 2.90. The van der Waals surface area contributed by atoms with Gasteiger partial charge in [-0.2, -0.15) is 0 Å². The minimum atomic E-state index is -0.150. The quantitative estimate of drug-likeness (QED) is 0.675. The normalized spacial score (nSPS) is 13.2. The molecular weight excluding hydrogens is 352 g/mol. The van der Waals surface area contributed by atoms with Crippen LogP contribution in [0.5, 0.6) is 0 Å². The molecule has 4 rings (SSSR count). The molecule has 0 unspecified atom stereocenters. The molecule has 0 bridgehead atoms. The number of nitrogens with one attached hydrogen (secondary N) is 1. The van der Waals surface area contributed by atoms with Crippen molar-refractivity contribution in [3.63, 3.8) is 0 Å². The SMILES string of the molecule is Cc1ccc(N(Cc2ccco2)C(=O)c2cccc(NC(=O)C3CC3)c2)cc1. The summed E-state index contributed by atoms with van der Waals surface area (Å²) >= 11 is 0. The predicted molar refractivity (Wildman–Crippen MR) is 108 cm³/mol. The minimum Gasteiger partial charge on any atom is -0.467 e. The number of rotatable bonds is 6. The Morgan fingerprint density at radius 3 is 2.54 bits per heavy atom. The second kappa shape index (κ2) is 7.72. The van der Waals surface area contributed by atoms with E-state index >= 15 is 0 Å². The third kappa shape index (κ3) is 4.14. The Labute approximate surface area is 164 Å². The molecule has 1 N–H and O–H groups in total. The monoisotopic (exact) mass is 374 g/mol. The van der Waals surface area contributed by atoms with Gasteiger partial charge < -0.3 is 14.6 Å². The summed E-state index contributed by atoms with van der Waals surface area (Å²) in [4.78, 5) is 27.0. The standard InChI is InChI=1S/C23H22N2O3/c1-16-7-11-20(12-8-16)25(15-21-6-3-13-28-21)23(27)18-4-2-5-19(14-18)24-22(26)17-9-10-17/h2-8,11-14,17H,9-10,15H2,1H3,(H,24,26). The van der Waals surface area contributed by atoms with Crippen LogP contribution in [0.1, 0.15) is 34.5 Å². The van der Waals surface area contributed by atoms with Crippen molar-refractivity contribution in [2.75, 3.05) is 10.2 Å². The van der Waals surface area contributed by atoms with Crippen LogP contribution in [0.15, 0.2) is 71.3 Å². The molecule has 5 heteroatoms. The number of amides is 2. The first kappa shape index (κ1) is 18.0. The lowest BCUT2D eigenvalue weighted by molar-refractivity contribution is -0.117. The highest BCUT2D eigenvalue weighted by Gasteiger charge is 2.29. The number of hydrogen-bond acceptors (Lipinski definition) is 3. The molecule has 0 spiro atoms. The van der Waals surface area contributed by atoms with Gasteiger partial charge in [0.05, 0.1) is 12.8 Å². The predicted octanol–water partition coefficient (Wildman–Crippen LogP) is 4.78. The van der Waals surface area contributed by atoms with Crippen molar-refractivity contribution < 1.29 is 14.0 Å². The third-order valence-electron chi connectivity index (χ3n) is 4.81. The van der Waals surface area contributed by atoms with Gasteiger partial charge in [-0.05, 0) is 62.2 Å². The largest absolute Gasteiger partial charge is 0.467 e. The number of furan rings is 1. The Bertz CT molecular complexity index is 973. The number of aryl methyl sites for hydroxylation is 1. The number of carbonyl (C=O) groups excluding carboxylic acids is 2. The van der Waals surface area contributed by atoms with Crippen LogP contribution in [0.25, 0.3) is 0 Å². The van der Waals surface area contributed by atoms with E-state index in [1.807, 2.05) is 37.3 Å². The van der Waals surface area contributed by atoms with Gasteiger partial charge in [-0.1, -0.05) is 23.8 Å². The highest BCUT2D eigenvalue weighted by atomic mass is 16.3. The van der Waals surface area contributed by atoms with Crippen LogP contribution >= 0.6 is 0 Å². The second-order valence-electron chi connectivity index (χ2n) is 7.15. The Hall–Kier alpha value is -3.34. The topological polar surface area (TPSA) is 62.6 Å². The van der Waals surface area contributed by atoms with Crippen LogP contribution in [-0.4, -0.2) is 11.8 Å². The van der Waals surface area contributed by atoms with E-state index in [-0.39, 0.29) is 17.7 Å². The van der Waals surface area contributed by atoms with Gasteiger partial charge >= 0.3 is 0 Å². The zero-order valence-corrected chi connectivity index (χ0v) is 15.7. The maximum Gasteiger partial charge on any atom is 0.258 e. The van der Waals surface area contributed by atoms with Gasteiger partial charge in [0, 0.05) is 22.9 Å². The van der Waals surface area contributed by atoms with Crippen molar-refractivity contribution in [2.45, 2.75) is 26.3 Å². The maximum atomic E-state index is 13.3. The number of carbonyl (C=O) groups is 2. The molecule has 1 fully saturated rings. The summed E-state index contributed by atoms with van der Waals surface area (Å²) in [5.41, 5.74) is 3.07. The Kier molecular flexibility index (Phi) is 4.98. The Balaban J connectivity index is 1.60. The number of hydrogen-bond donors (Lipinski definition) is 1. The number of anilines is 2. The second-order valence-corrected chi connectivity index (χ2v) is 7.15. The van der Waals surface area contributed by atoms with Crippen molar-refractivity contribution in [3.8, 4) is 0 Å². The molecule has 1 aliphatic rings. The van der Waals surface area contributed by atoms with E-state index in [0.717, 1.165) is 24.1 Å². The van der Waals surface area contributed by atoms with E-state index in [4.69, 9.17) is 4.42 Å². The molecule has 3 aromatic rings. The van der Waals surface area contributed by atoms with Gasteiger partial charge in [0.15, 0.2) is 0 Å². The molecule has 28 heavy (non-hydrogen) atoms. The van der Waals surface area contributed by atoms with Crippen LogP contribution in [0.2, 0.25) is 0 Å². The molecule has 1 saturated carbocycles. The van der Waals surface area contributed by atoms with Gasteiger partial charge in [-0.15, -0.1) is 0 Å². The highest BCUT2D eigenvalue weighted by Crippen LogP contribution is 2.30. The molecule has 1 heterocycles. The first-order valence-corrected chi connectivity index (χ1v) is 9.42. The molecular formula is C23H22N2O3. The van der Waals surface area contributed by atoms with Crippen molar-refractivity contribution in [3.05, 3.63) is 83.8 Å². The zero-order chi connectivity index (χ0) is 19.5. The molecule has 0 saturated heterocycles. The third-order valence-corrected chi connectivity index (χ3v) is 4.81. The molecule has 0 radical (unpaired) electrons. The summed E-state index contributed by atoms with van der Waals surface area (Å²) in [7, 11) is 0. The van der Waals surface area contributed by atoms with Crippen molar-refractivity contribution >= 4 is 23.2 Å². The van der Waals surface area contributed by atoms with Crippen molar-refractivity contribution in [1.29, 1.82) is 0 Å². The van der Waals surface area contributed by atoms with Crippen molar-refractivity contribution in [2.24, 2.45) is 5.92 Å².